The van der Waals surface area contributed by atoms with Crippen LogP contribution in [0.2, 0.25) is 0 Å². The van der Waals surface area contributed by atoms with Crippen molar-refractivity contribution >= 4 is 0 Å². The summed E-state index contributed by atoms with van der Waals surface area (Å²) in [5, 5.41) is 0. The zero-order valence-corrected chi connectivity index (χ0v) is 12.5. The Labute approximate surface area is 116 Å². The standard InChI is InChI=1S/C18H33/c1-3-5-7-9-11-13-15-17-18-16-14-12-10-8-6-4-2/h11-14H,1,3-10,15-18H2,2H3. The lowest BCUT2D eigenvalue weighted by molar-refractivity contribution is 0.722. The van der Waals surface area contributed by atoms with Crippen molar-refractivity contribution in [3.63, 3.8) is 0 Å². The summed E-state index contributed by atoms with van der Waals surface area (Å²) in [6.07, 6.45) is 24.9. The summed E-state index contributed by atoms with van der Waals surface area (Å²) in [5.41, 5.74) is 0. The number of rotatable bonds is 13. The van der Waals surface area contributed by atoms with Gasteiger partial charge in [-0.25, -0.2) is 0 Å². The van der Waals surface area contributed by atoms with Gasteiger partial charge < -0.3 is 0 Å². The molecule has 0 atom stereocenters. The van der Waals surface area contributed by atoms with Gasteiger partial charge in [-0.2, -0.15) is 0 Å². The largest absolute Gasteiger partial charge is 0.0885 e. The average molecular weight is 249 g/mol. The molecule has 0 aliphatic carbocycles. The Hall–Kier alpha value is -0.520. The fourth-order valence-corrected chi connectivity index (χ4v) is 1.95. The van der Waals surface area contributed by atoms with Crippen molar-refractivity contribution in [2.45, 2.75) is 84.0 Å². The van der Waals surface area contributed by atoms with Gasteiger partial charge in [0.2, 0.25) is 0 Å². The maximum atomic E-state index is 3.85. The lowest BCUT2D eigenvalue weighted by atomic mass is 10.1. The van der Waals surface area contributed by atoms with Crippen molar-refractivity contribution in [3.05, 3.63) is 31.2 Å². The van der Waals surface area contributed by atoms with E-state index in [1.807, 2.05) is 0 Å². The highest BCUT2D eigenvalue weighted by Crippen LogP contribution is 2.05. The molecule has 0 rings (SSSR count). The molecule has 1 radical (unpaired) electrons. The minimum Gasteiger partial charge on any atom is -0.0885 e. The third kappa shape index (κ3) is 15.5. The molecular weight excluding hydrogens is 216 g/mol. The molecule has 0 N–H and O–H groups in total. The van der Waals surface area contributed by atoms with Crippen molar-refractivity contribution < 1.29 is 0 Å². The number of allylic oxidation sites excluding steroid dienone is 4. The molecule has 0 aliphatic rings. The van der Waals surface area contributed by atoms with Gasteiger partial charge in [0, 0.05) is 0 Å². The van der Waals surface area contributed by atoms with Gasteiger partial charge in [-0.1, -0.05) is 63.8 Å². The summed E-state index contributed by atoms with van der Waals surface area (Å²) in [6.45, 7) is 6.11. The lowest BCUT2D eigenvalue weighted by Gasteiger charge is -1.95. The SMILES string of the molecule is [CH2]CCCCC=CCCCCC=CCCCCC. The van der Waals surface area contributed by atoms with Gasteiger partial charge in [0.15, 0.2) is 0 Å². The van der Waals surface area contributed by atoms with Gasteiger partial charge in [0.05, 0.1) is 0 Å². The molecule has 0 fully saturated rings. The van der Waals surface area contributed by atoms with Crippen molar-refractivity contribution in [3.8, 4) is 0 Å². The van der Waals surface area contributed by atoms with E-state index in [4.69, 9.17) is 0 Å². The Bertz CT molecular complexity index is 166. The maximum absolute atomic E-state index is 3.85. The van der Waals surface area contributed by atoms with Gasteiger partial charge >= 0.3 is 0 Å². The summed E-state index contributed by atoms with van der Waals surface area (Å²) in [7, 11) is 0. The van der Waals surface area contributed by atoms with Crippen LogP contribution >= 0.6 is 0 Å². The van der Waals surface area contributed by atoms with Crippen LogP contribution in [0.3, 0.4) is 0 Å². The van der Waals surface area contributed by atoms with Crippen LogP contribution in [0.25, 0.3) is 0 Å². The Balaban J connectivity index is 3.10. The molecule has 0 saturated carbocycles. The Morgan fingerprint density at radius 3 is 1.39 bits per heavy atom. The summed E-state index contributed by atoms with van der Waals surface area (Å²) in [6, 6.07) is 0. The zero-order chi connectivity index (χ0) is 13.3. The van der Waals surface area contributed by atoms with Crippen LogP contribution in [0, 0.1) is 6.92 Å². The summed E-state index contributed by atoms with van der Waals surface area (Å²) >= 11 is 0. The third-order valence-electron chi connectivity index (χ3n) is 3.17. The summed E-state index contributed by atoms with van der Waals surface area (Å²) < 4.78 is 0. The van der Waals surface area contributed by atoms with Crippen LogP contribution in [0.5, 0.6) is 0 Å². The first-order valence-electron chi connectivity index (χ1n) is 8.01. The second kappa shape index (κ2) is 16.5. The normalized spacial score (nSPS) is 11.9. The molecule has 0 heterocycles. The van der Waals surface area contributed by atoms with E-state index in [1.54, 1.807) is 0 Å². The maximum Gasteiger partial charge on any atom is -0.0351 e. The molecule has 0 nitrogen and oxygen atoms in total. The molecule has 0 amide bonds. The van der Waals surface area contributed by atoms with E-state index in [-0.39, 0.29) is 0 Å². The highest BCUT2D eigenvalue weighted by atomic mass is 13.9. The molecular formula is C18H33. The Morgan fingerprint density at radius 2 is 1.00 bits per heavy atom. The van der Waals surface area contributed by atoms with Crippen LogP contribution in [0.1, 0.15) is 84.0 Å². The highest BCUT2D eigenvalue weighted by molar-refractivity contribution is 4.83. The Kier molecular flexibility index (Phi) is 16.0. The predicted molar refractivity (Wildman–Crippen MR) is 84.7 cm³/mol. The van der Waals surface area contributed by atoms with E-state index in [0.717, 1.165) is 6.42 Å². The first-order valence-corrected chi connectivity index (χ1v) is 8.01. The van der Waals surface area contributed by atoms with Crippen LogP contribution in [-0.2, 0) is 0 Å². The second-order valence-electron chi connectivity index (χ2n) is 5.07. The van der Waals surface area contributed by atoms with Crippen molar-refractivity contribution in [1.29, 1.82) is 0 Å². The number of unbranched alkanes of at least 4 members (excludes halogenated alkanes) is 9. The smallest absolute Gasteiger partial charge is 0.0351 e. The molecule has 0 saturated heterocycles. The van der Waals surface area contributed by atoms with E-state index in [0.29, 0.717) is 0 Å². The van der Waals surface area contributed by atoms with Gasteiger partial charge in [-0.15, -0.1) is 0 Å². The van der Waals surface area contributed by atoms with Gasteiger partial charge in [-0.3, -0.25) is 0 Å². The third-order valence-corrected chi connectivity index (χ3v) is 3.17. The lowest BCUT2D eigenvalue weighted by Crippen LogP contribution is -1.75. The first kappa shape index (κ1) is 17.5. The quantitative estimate of drug-likeness (QED) is 0.254. The molecule has 0 aromatic carbocycles. The topological polar surface area (TPSA) is 0 Å². The molecule has 0 unspecified atom stereocenters. The fourth-order valence-electron chi connectivity index (χ4n) is 1.95. The minimum absolute atomic E-state index is 1.08. The molecule has 0 aromatic heterocycles. The van der Waals surface area contributed by atoms with Crippen molar-refractivity contribution in [2.75, 3.05) is 0 Å². The van der Waals surface area contributed by atoms with E-state index in [9.17, 15) is 0 Å². The van der Waals surface area contributed by atoms with Crippen molar-refractivity contribution in [2.24, 2.45) is 0 Å². The van der Waals surface area contributed by atoms with Crippen LogP contribution in [-0.4, -0.2) is 0 Å². The van der Waals surface area contributed by atoms with Crippen molar-refractivity contribution in [1.82, 2.24) is 0 Å². The molecule has 0 aromatic rings. The van der Waals surface area contributed by atoms with Crippen LogP contribution < -0.4 is 0 Å². The van der Waals surface area contributed by atoms with E-state index in [1.165, 1.54) is 70.6 Å². The molecule has 0 heteroatoms. The van der Waals surface area contributed by atoms with Gasteiger partial charge in [0.1, 0.15) is 0 Å². The zero-order valence-electron chi connectivity index (χ0n) is 12.5. The fraction of sp³-hybridized carbons (Fsp3) is 0.722. The van der Waals surface area contributed by atoms with Crippen LogP contribution in [0.4, 0.5) is 0 Å². The minimum atomic E-state index is 1.08. The molecule has 105 valence electrons. The van der Waals surface area contributed by atoms with E-state index in [2.05, 4.69) is 38.2 Å². The van der Waals surface area contributed by atoms with E-state index < -0.39 is 0 Å². The highest BCUT2D eigenvalue weighted by Gasteiger charge is 1.85. The summed E-state index contributed by atoms with van der Waals surface area (Å²) in [5.74, 6) is 0. The average Bonchev–Trinajstić information content (AvgIpc) is 2.39. The number of hydrogen-bond donors (Lipinski definition) is 0. The van der Waals surface area contributed by atoms with Gasteiger partial charge in [0.25, 0.3) is 0 Å². The molecule has 0 bridgehead atoms. The number of hydrogen-bond acceptors (Lipinski definition) is 0. The molecule has 0 aliphatic heterocycles. The molecule has 18 heavy (non-hydrogen) atoms. The Morgan fingerprint density at radius 1 is 0.611 bits per heavy atom. The molecule has 0 spiro atoms. The summed E-state index contributed by atoms with van der Waals surface area (Å²) in [4.78, 5) is 0. The first-order chi connectivity index (χ1) is 8.91. The van der Waals surface area contributed by atoms with E-state index >= 15 is 0 Å². The predicted octanol–water partition coefficient (Wildman–Crippen LogP) is 6.63. The van der Waals surface area contributed by atoms with Crippen LogP contribution in [0.15, 0.2) is 24.3 Å². The van der Waals surface area contributed by atoms with Gasteiger partial charge in [-0.05, 0) is 51.4 Å². The second-order valence-corrected chi connectivity index (χ2v) is 5.07. The monoisotopic (exact) mass is 249 g/mol.